The van der Waals surface area contributed by atoms with Crippen LogP contribution in [0.2, 0.25) is 5.02 Å². The van der Waals surface area contributed by atoms with Gasteiger partial charge in [0, 0.05) is 28.5 Å². The fraction of sp³-hybridized carbons (Fsp3) is 0.273. The van der Waals surface area contributed by atoms with Crippen LogP contribution in [-0.4, -0.2) is 81.6 Å². The first-order valence-corrected chi connectivity index (χ1v) is 11.4. The van der Waals surface area contributed by atoms with E-state index in [1.807, 2.05) is 5.32 Å². The highest BCUT2D eigenvalue weighted by molar-refractivity contribution is 6.57. The molecule has 0 saturated carbocycles. The Bertz CT molecular complexity index is 1390. The molecular weight excluding hydrogens is 509 g/mol. The molecule has 2 aromatic rings. The Morgan fingerprint density at radius 1 is 1.11 bits per heavy atom. The molecule has 2 unspecified atom stereocenters. The molecule has 7 nitrogen and oxygen atoms in total. The lowest BCUT2D eigenvalue weighted by molar-refractivity contribution is -0.147. The van der Waals surface area contributed by atoms with E-state index in [1.165, 1.54) is 12.1 Å². The maximum absolute atomic E-state index is 14.8. The summed E-state index contributed by atoms with van der Waals surface area (Å²) in [6.07, 6.45) is -0.179. The minimum Gasteiger partial charge on any atom is -0.352 e. The Balaban J connectivity index is 1.72. The average Bonchev–Trinajstić information content (AvgIpc) is 3.03. The fourth-order valence-electron chi connectivity index (χ4n) is 4.63. The topological polar surface area (TPSA) is 95.6 Å². The molecule has 4 rings (SSSR count). The van der Waals surface area contributed by atoms with Gasteiger partial charge in [-0.2, -0.15) is 8.78 Å². The van der Waals surface area contributed by atoms with E-state index in [1.54, 1.807) is 0 Å². The van der Waals surface area contributed by atoms with Gasteiger partial charge in [0.05, 0.1) is 15.7 Å². The second kappa shape index (κ2) is 9.67. The summed E-state index contributed by atoms with van der Waals surface area (Å²) in [5.41, 5.74) is -2.75. The van der Waals surface area contributed by atoms with Gasteiger partial charge < -0.3 is 10.2 Å². The highest BCUT2D eigenvalue weighted by Crippen LogP contribution is 2.37. The highest BCUT2D eigenvalue weighted by Gasteiger charge is 2.50. The smallest absolute Gasteiger partial charge is 0.349 e. The number of fused-ring (bicyclic) bond motifs is 1. The monoisotopic (exact) mass is 521 g/mol. The Kier molecular flexibility index (Phi) is 7.14. The van der Waals surface area contributed by atoms with Gasteiger partial charge in [0.2, 0.25) is 11.8 Å². The number of halogens is 3. The van der Waals surface area contributed by atoms with E-state index in [0.717, 1.165) is 17.0 Å². The molecule has 0 aliphatic carbocycles. The minimum atomic E-state index is -4.03. The van der Waals surface area contributed by atoms with E-state index in [2.05, 4.69) is 5.32 Å². The van der Waals surface area contributed by atoms with Crippen molar-refractivity contribution in [3.8, 4) is 0 Å². The first kappa shape index (κ1) is 28.1. The molecule has 2 heterocycles. The van der Waals surface area contributed by atoms with Gasteiger partial charge in [0.1, 0.15) is 37.4 Å². The summed E-state index contributed by atoms with van der Waals surface area (Å²) >= 11 is 5.72. The van der Waals surface area contributed by atoms with Crippen molar-refractivity contribution in [1.82, 2.24) is 15.5 Å². The number of piperidine rings is 1. The minimum absolute atomic E-state index is 0.0853. The third-order valence-corrected chi connectivity index (χ3v) is 6.75. The molecule has 2 atom stereocenters. The zero-order valence-electron chi connectivity index (χ0n) is 19.6. The maximum Gasteiger partial charge on any atom is 0.349 e. The van der Waals surface area contributed by atoms with Crippen LogP contribution in [0.25, 0.3) is 0 Å². The number of nitrogens with zero attached hydrogens (tertiary/aromatic N) is 1. The van der Waals surface area contributed by atoms with Gasteiger partial charge >= 0.3 is 5.92 Å². The summed E-state index contributed by atoms with van der Waals surface area (Å²) in [5, 5.41) is 1.97. The molecule has 4 amide bonds. The van der Waals surface area contributed by atoms with E-state index >= 15 is 0 Å². The maximum atomic E-state index is 14.8. The second-order valence-electron chi connectivity index (χ2n) is 8.90. The van der Waals surface area contributed by atoms with Crippen molar-refractivity contribution in [3.05, 3.63) is 51.5 Å². The summed E-state index contributed by atoms with van der Waals surface area (Å²) < 4.78 is 29.6. The van der Waals surface area contributed by atoms with Crippen molar-refractivity contribution in [2.75, 3.05) is 0 Å². The van der Waals surface area contributed by atoms with Gasteiger partial charge in [0.25, 0.3) is 11.8 Å². The summed E-state index contributed by atoms with van der Waals surface area (Å²) in [4.78, 5) is 50.7. The third kappa shape index (κ3) is 4.38. The average molecular weight is 521 g/mol. The number of carbonyl (C=O) groups is 4. The number of hydrogen-bond donors (Lipinski definition) is 2. The van der Waals surface area contributed by atoms with Crippen LogP contribution in [0.15, 0.2) is 24.3 Å². The number of carbonyl (C=O) groups excluding carboxylic acids is 4. The number of nitrogens with one attached hydrogen (secondary N) is 2. The molecule has 1 saturated heterocycles. The van der Waals surface area contributed by atoms with Crippen molar-refractivity contribution in [1.29, 1.82) is 0 Å². The van der Waals surface area contributed by atoms with Crippen LogP contribution >= 0.6 is 11.6 Å². The summed E-state index contributed by atoms with van der Waals surface area (Å²) in [5.74, 6) is -9.83. The van der Waals surface area contributed by atoms with Crippen molar-refractivity contribution >= 4 is 98.7 Å². The Morgan fingerprint density at radius 2 is 1.71 bits per heavy atom. The molecule has 2 aromatic carbocycles. The van der Waals surface area contributed by atoms with Gasteiger partial charge in [-0.1, -0.05) is 40.1 Å². The molecule has 2 N–H and O–H groups in total. The zero-order chi connectivity index (χ0) is 28.3. The molecule has 0 spiro atoms. The summed E-state index contributed by atoms with van der Waals surface area (Å²) in [6.45, 7) is 0. The molecule has 12 radical (unpaired) electrons. The molecule has 16 heteroatoms. The molecule has 0 bridgehead atoms. The molecule has 38 heavy (non-hydrogen) atoms. The van der Waals surface area contributed by atoms with Gasteiger partial charge in [-0.15, -0.1) is 0 Å². The Morgan fingerprint density at radius 3 is 2.29 bits per heavy atom. The SMILES string of the molecule is [B]c1c([B])c(C([B])NC(=O)C(F)(F)c2ccc(Cl)cc2)c([B])c2c1C(=O)N(C1CCC(=O)NC1=O)C2([B])[B]. The number of alkyl halides is 2. The largest absolute Gasteiger partial charge is 0.352 e. The van der Waals surface area contributed by atoms with Crippen LogP contribution in [-0.2, 0) is 25.6 Å². The normalized spacial score (nSPS) is 19.6. The highest BCUT2D eigenvalue weighted by atomic mass is 35.5. The number of imide groups is 1. The molecular formula is C22H12B6ClF2N3O4. The molecule has 178 valence electrons. The van der Waals surface area contributed by atoms with Crippen molar-refractivity contribution in [3.63, 3.8) is 0 Å². The van der Waals surface area contributed by atoms with Crippen LogP contribution < -0.4 is 27.0 Å². The first-order valence-electron chi connectivity index (χ1n) is 11.1. The van der Waals surface area contributed by atoms with E-state index in [4.69, 9.17) is 58.7 Å². The van der Waals surface area contributed by atoms with E-state index in [0.29, 0.717) is 0 Å². The van der Waals surface area contributed by atoms with Gasteiger partial charge in [-0.05, 0) is 35.0 Å². The lowest BCUT2D eigenvalue weighted by Gasteiger charge is -2.41. The number of hydrogen-bond acceptors (Lipinski definition) is 4. The molecule has 0 aromatic heterocycles. The third-order valence-electron chi connectivity index (χ3n) is 6.50. The summed E-state index contributed by atoms with van der Waals surface area (Å²) in [7, 11) is 37.0. The Hall–Kier alpha value is -2.94. The zero-order valence-corrected chi connectivity index (χ0v) is 20.3. The Labute approximate surface area is 229 Å². The lowest BCUT2D eigenvalue weighted by Crippen LogP contribution is -2.59. The number of rotatable bonds is 5. The van der Waals surface area contributed by atoms with Crippen molar-refractivity contribution in [2.45, 2.75) is 36.1 Å². The molecule has 2 aliphatic rings. The van der Waals surface area contributed by atoms with Crippen molar-refractivity contribution in [2.24, 2.45) is 0 Å². The predicted molar refractivity (Wildman–Crippen MR) is 140 cm³/mol. The van der Waals surface area contributed by atoms with Gasteiger partial charge in [0.15, 0.2) is 0 Å². The van der Waals surface area contributed by atoms with Gasteiger partial charge in [-0.25, -0.2) is 0 Å². The van der Waals surface area contributed by atoms with E-state index in [-0.39, 0.29) is 34.6 Å². The van der Waals surface area contributed by atoms with Crippen LogP contribution in [0.1, 0.15) is 45.8 Å². The number of amides is 4. The predicted octanol–water partition coefficient (Wildman–Crippen LogP) is -2.49. The fourth-order valence-corrected chi connectivity index (χ4v) is 4.76. The van der Waals surface area contributed by atoms with Crippen molar-refractivity contribution < 1.29 is 28.0 Å². The standard InChI is InChI=1S/C22H12B6ClF2N3O4/c23-14-12(17(26)33-20(38)21(30,31)7-1-3-8(29)4-2-7)16(25)15(24)11-13(14)22(27,28)34(19(11)37)9-5-6-10(35)32-18(9)36/h1-4,9,17H,5-6H2,(H,33,38)(H,32,35,36). The van der Waals surface area contributed by atoms with E-state index in [9.17, 15) is 28.0 Å². The second-order valence-corrected chi connectivity index (χ2v) is 9.34. The first-order chi connectivity index (χ1) is 17.6. The van der Waals surface area contributed by atoms with Crippen LogP contribution in [0.5, 0.6) is 0 Å². The van der Waals surface area contributed by atoms with Crippen LogP contribution in [0.4, 0.5) is 8.78 Å². The van der Waals surface area contributed by atoms with Gasteiger partial charge in [-0.3, -0.25) is 24.5 Å². The van der Waals surface area contributed by atoms with Crippen LogP contribution in [0, 0.1) is 0 Å². The van der Waals surface area contributed by atoms with E-state index < -0.39 is 68.8 Å². The molecule has 2 aliphatic heterocycles. The quantitative estimate of drug-likeness (QED) is 0.337. The lowest BCUT2D eigenvalue weighted by atomic mass is 9.53. The molecule has 1 fully saturated rings. The number of benzene rings is 2. The van der Waals surface area contributed by atoms with Crippen LogP contribution in [0.3, 0.4) is 0 Å². The summed E-state index contributed by atoms with van der Waals surface area (Å²) in [6, 6.07) is 3.05.